The van der Waals surface area contributed by atoms with E-state index in [9.17, 15) is 53.1 Å². The van der Waals surface area contributed by atoms with Crippen LogP contribution in [0, 0.1) is 11.8 Å². The first-order valence-corrected chi connectivity index (χ1v) is 17.2. The summed E-state index contributed by atoms with van der Waals surface area (Å²) in [6.07, 6.45) is -0.276. The molecule has 1 rings (SSSR count). The van der Waals surface area contributed by atoms with Gasteiger partial charge in [0.15, 0.2) is 0 Å². The Labute approximate surface area is 307 Å². The van der Waals surface area contributed by atoms with Crippen molar-refractivity contribution in [1.82, 2.24) is 36.8 Å². The minimum absolute atomic E-state index is 0.0331. The predicted octanol–water partition coefficient (Wildman–Crippen LogP) is -5.14. The molecule has 0 radical (unpaired) electrons. The van der Waals surface area contributed by atoms with Crippen LogP contribution in [-0.2, 0) is 47.9 Å². The normalized spacial score (nSPS) is 16.7. The van der Waals surface area contributed by atoms with Crippen LogP contribution in [0.1, 0.15) is 73.1 Å². The number of aliphatic hydroxyl groups excluding tert-OH is 1. The molecule has 1 saturated heterocycles. The van der Waals surface area contributed by atoms with Gasteiger partial charge in [-0.15, -0.1) is 0 Å². The van der Waals surface area contributed by atoms with Crippen LogP contribution in [0.3, 0.4) is 0 Å². The summed E-state index contributed by atoms with van der Waals surface area (Å²) >= 11 is 0. The summed E-state index contributed by atoms with van der Waals surface area (Å²) in [5.74, 6) is -8.66. The van der Waals surface area contributed by atoms with Crippen molar-refractivity contribution in [2.45, 2.75) is 109 Å². The number of likely N-dealkylation sites (tertiary alicyclic amines) is 1. The maximum absolute atomic E-state index is 13.4. The van der Waals surface area contributed by atoms with Crippen molar-refractivity contribution >= 4 is 59.1 Å². The Morgan fingerprint density at radius 2 is 1.21 bits per heavy atom. The van der Waals surface area contributed by atoms with E-state index in [1.807, 2.05) is 13.8 Å². The number of nitrogens with two attached hydrogens (primary N) is 3. The fraction of sp³-hybridized carbons (Fsp3) is 0.688. The van der Waals surface area contributed by atoms with Gasteiger partial charge in [-0.25, -0.2) is 0 Å². The SMILES string of the molecule is CC(=O)N[C@@H](CC(C)C)C(=O)N1CCC[C@H]1C(=O)N[C@@H](CC(N)=O)C(=O)N[C@@H](CO)C(=O)N[C@@H](CC(C)C)C(=O)NCC(=O)N[C@@H](CC(N)=O)C(N)=O. The molecule has 0 aromatic heterocycles. The van der Waals surface area contributed by atoms with Gasteiger partial charge in [0.2, 0.25) is 59.1 Å². The van der Waals surface area contributed by atoms with E-state index in [4.69, 9.17) is 17.2 Å². The number of nitrogens with zero attached hydrogens (tertiary/aromatic N) is 1. The highest BCUT2D eigenvalue weighted by atomic mass is 16.3. The van der Waals surface area contributed by atoms with Crippen molar-refractivity contribution in [2.24, 2.45) is 29.0 Å². The predicted molar refractivity (Wildman–Crippen MR) is 186 cm³/mol. The van der Waals surface area contributed by atoms with E-state index >= 15 is 0 Å². The van der Waals surface area contributed by atoms with Crippen LogP contribution in [0.2, 0.25) is 0 Å². The van der Waals surface area contributed by atoms with E-state index in [1.165, 1.54) is 11.8 Å². The zero-order valence-corrected chi connectivity index (χ0v) is 30.7. The number of carbonyl (C=O) groups is 10. The van der Waals surface area contributed by atoms with Crippen molar-refractivity contribution in [2.75, 3.05) is 19.7 Å². The Morgan fingerprint density at radius 1 is 0.679 bits per heavy atom. The Balaban J connectivity index is 3.05. The van der Waals surface area contributed by atoms with Crippen LogP contribution in [0.5, 0.6) is 0 Å². The molecule has 53 heavy (non-hydrogen) atoms. The zero-order valence-electron chi connectivity index (χ0n) is 30.7. The number of rotatable bonds is 22. The first-order valence-electron chi connectivity index (χ1n) is 17.2. The quantitative estimate of drug-likeness (QED) is 0.0498. The van der Waals surface area contributed by atoms with E-state index in [1.54, 1.807) is 13.8 Å². The lowest BCUT2D eigenvalue weighted by Gasteiger charge is -2.30. The molecule has 0 bridgehead atoms. The van der Waals surface area contributed by atoms with Crippen LogP contribution in [0.25, 0.3) is 0 Å². The van der Waals surface area contributed by atoms with Crippen molar-refractivity contribution in [3.05, 3.63) is 0 Å². The van der Waals surface area contributed by atoms with Gasteiger partial charge in [0.1, 0.15) is 36.3 Å². The van der Waals surface area contributed by atoms with E-state index < -0.39 is 121 Å². The van der Waals surface area contributed by atoms with Crippen molar-refractivity contribution in [1.29, 1.82) is 0 Å². The summed E-state index contributed by atoms with van der Waals surface area (Å²) in [6.45, 7) is 6.99. The average Bonchev–Trinajstić information content (AvgIpc) is 3.53. The Bertz CT molecular complexity index is 1390. The van der Waals surface area contributed by atoms with Crippen molar-refractivity contribution < 1.29 is 53.1 Å². The molecule has 0 aliphatic carbocycles. The van der Waals surface area contributed by atoms with Gasteiger partial charge in [-0.05, 0) is 37.5 Å². The lowest BCUT2D eigenvalue weighted by atomic mass is 10.0. The van der Waals surface area contributed by atoms with Crippen molar-refractivity contribution in [3.63, 3.8) is 0 Å². The Morgan fingerprint density at radius 3 is 1.72 bits per heavy atom. The van der Waals surface area contributed by atoms with Crippen molar-refractivity contribution in [3.8, 4) is 0 Å². The van der Waals surface area contributed by atoms with E-state index in [0.29, 0.717) is 12.8 Å². The van der Waals surface area contributed by atoms with Gasteiger partial charge in [0, 0.05) is 13.5 Å². The smallest absolute Gasteiger partial charge is 0.245 e. The van der Waals surface area contributed by atoms with Crippen LogP contribution in [0.4, 0.5) is 0 Å². The van der Waals surface area contributed by atoms with Gasteiger partial charge in [-0.2, -0.15) is 0 Å². The summed E-state index contributed by atoms with van der Waals surface area (Å²) in [7, 11) is 0. The average molecular weight is 755 g/mol. The molecule has 1 heterocycles. The summed E-state index contributed by atoms with van der Waals surface area (Å²) in [4.78, 5) is 126. The maximum Gasteiger partial charge on any atom is 0.245 e. The maximum atomic E-state index is 13.4. The molecule has 21 heteroatoms. The van der Waals surface area contributed by atoms with Gasteiger partial charge in [-0.3, -0.25) is 47.9 Å². The third-order valence-electron chi connectivity index (χ3n) is 7.92. The second-order valence-corrected chi connectivity index (χ2v) is 13.6. The Kier molecular flexibility index (Phi) is 18.9. The number of primary amides is 3. The fourth-order valence-electron chi connectivity index (χ4n) is 5.52. The molecule has 6 atom stereocenters. The lowest BCUT2D eigenvalue weighted by Crippen LogP contribution is -2.60. The molecular weight excluding hydrogens is 700 g/mol. The molecular formula is C32H54N10O11. The van der Waals surface area contributed by atoms with Gasteiger partial charge < -0.3 is 59.1 Å². The molecule has 10 amide bonds. The lowest BCUT2D eigenvalue weighted by molar-refractivity contribution is -0.142. The topological polar surface area (TPSA) is 344 Å². The fourth-order valence-corrected chi connectivity index (χ4v) is 5.52. The standard InChI is InChI=1S/C32H54N10O11/c1-15(2)9-19(28(49)36-13-26(47)38-18(27(35)48)11-24(33)45)39-30(51)22(14-43)41-29(50)20(12-25(34)46)40-31(52)23-7-6-8-42(23)32(53)21(10-16(3)4)37-17(5)44/h15-16,18-23,43H,6-14H2,1-5H3,(H2,33,45)(H2,34,46)(H2,35,48)(H,36,49)(H,37,44)(H,38,47)(H,39,51)(H,40,52)(H,41,50)/t18-,19-,20-,21-,22-,23-/m0/s1. The second-order valence-electron chi connectivity index (χ2n) is 13.6. The van der Waals surface area contributed by atoms with Gasteiger partial charge >= 0.3 is 0 Å². The Hall–Kier alpha value is -5.34. The molecule has 1 aliphatic heterocycles. The third kappa shape index (κ3) is 16.3. The number of amides is 10. The molecule has 298 valence electrons. The molecule has 21 nitrogen and oxygen atoms in total. The molecule has 13 N–H and O–H groups in total. The van der Waals surface area contributed by atoms with Crippen LogP contribution >= 0.6 is 0 Å². The molecule has 0 spiro atoms. The molecule has 1 aliphatic rings. The molecule has 0 aromatic rings. The summed E-state index contributed by atoms with van der Waals surface area (Å²) in [6, 6.07) is -7.97. The highest BCUT2D eigenvalue weighted by Crippen LogP contribution is 2.21. The largest absolute Gasteiger partial charge is 0.394 e. The second kappa shape index (κ2) is 21.9. The number of nitrogens with one attached hydrogen (secondary N) is 6. The van der Waals surface area contributed by atoms with E-state index in [-0.39, 0.29) is 31.2 Å². The molecule has 0 unspecified atom stereocenters. The van der Waals surface area contributed by atoms with Gasteiger partial charge in [0.25, 0.3) is 0 Å². The first-order chi connectivity index (χ1) is 24.7. The third-order valence-corrected chi connectivity index (χ3v) is 7.92. The number of hydrogen-bond donors (Lipinski definition) is 10. The van der Waals surface area contributed by atoms with E-state index in [2.05, 4.69) is 31.9 Å². The molecule has 0 aromatic carbocycles. The zero-order chi connectivity index (χ0) is 40.6. The van der Waals surface area contributed by atoms with E-state index in [0.717, 1.165) is 0 Å². The minimum atomic E-state index is -1.69. The highest BCUT2D eigenvalue weighted by molar-refractivity contribution is 5.98. The highest BCUT2D eigenvalue weighted by Gasteiger charge is 2.39. The van der Waals surface area contributed by atoms with Crippen LogP contribution in [-0.4, -0.2) is 125 Å². The summed E-state index contributed by atoms with van der Waals surface area (Å²) in [5.41, 5.74) is 15.5. The number of carbonyl (C=O) groups excluding carboxylic acids is 10. The monoisotopic (exact) mass is 754 g/mol. The van der Waals surface area contributed by atoms with Gasteiger partial charge in [-0.1, -0.05) is 27.7 Å². The summed E-state index contributed by atoms with van der Waals surface area (Å²) in [5, 5.41) is 24.1. The van der Waals surface area contributed by atoms with Crippen LogP contribution in [0.15, 0.2) is 0 Å². The molecule has 1 fully saturated rings. The molecule has 0 saturated carbocycles. The van der Waals surface area contributed by atoms with Crippen LogP contribution < -0.4 is 49.1 Å². The number of hydrogen-bond acceptors (Lipinski definition) is 11. The number of aliphatic hydroxyl groups is 1. The first kappa shape index (κ1) is 45.7. The minimum Gasteiger partial charge on any atom is -0.394 e. The van der Waals surface area contributed by atoms with Gasteiger partial charge in [0.05, 0.1) is 26.0 Å². The summed E-state index contributed by atoms with van der Waals surface area (Å²) < 4.78 is 0.